The number of carbonyl (C=O) groups is 2. The van der Waals surface area contributed by atoms with Crippen molar-refractivity contribution in [2.45, 2.75) is 19.4 Å². The predicted molar refractivity (Wildman–Crippen MR) is 117 cm³/mol. The maximum Gasteiger partial charge on any atom is 0.313 e. The Bertz CT molecular complexity index is 1030. The summed E-state index contributed by atoms with van der Waals surface area (Å²) in [6.07, 6.45) is 4.49. The monoisotopic (exact) mass is 400 g/mol. The van der Waals surface area contributed by atoms with Crippen LogP contribution in [0.15, 0.2) is 73.1 Å². The molecule has 1 atom stereocenters. The Kier molecular flexibility index (Phi) is 5.75. The molecule has 2 aromatic carbocycles. The summed E-state index contributed by atoms with van der Waals surface area (Å²) in [6, 6.07) is 19.4. The highest BCUT2D eigenvalue weighted by Crippen LogP contribution is 2.34. The van der Waals surface area contributed by atoms with E-state index in [9.17, 15) is 9.59 Å². The summed E-state index contributed by atoms with van der Waals surface area (Å²) < 4.78 is 0. The summed E-state index contributed by atoms with van der Waals surface area (Å²) >= 11 is 0. The van der Waals surface area contributed by atoms with Crippen molar-refractivity contribution in [3.63, 3.8) is 0 Å². The quantitative estimate of drug-likeness (QED) is 0.645. The van der Waals surface area contributed by atoms with E-state index >= 15 is 0 Å². The Morgan fingerprint density at radius 2 is 1.83 bits per heavy atom. The average molecular weight is 400 g/mol. The molecule has 1 aliphatic rings. The fraction of sp³-hybridized carbons (Fsp3) is 0.208. The van der Waals surface area contributed by atoms with Gasteiger partial charge < -0.3 is 15.5 Å². The Balaban J connectivity index is 1.47. The fourth-order valence-electron chi connectivity index (χ4n) is 3.76. The molecule has 30 heavy (non-hydrogen) atoms. The lowest BCUT2D eigenvalue weighted by atomic mass is 10.1. The van der Waals surface area contributed by atoms with E-state index in [2.05, 4.69) is 32.7 Å². The van der Waals surface area contributed by atoms with Crippen LogP contribution in [0, 0.1) is 6.92 Å². The van der Waals surface area contributed by atoms with Crippen LogP contribution in [0.5, 0.6) is 0 Å². The second kappa shape index (κ2) is 8.78. The number of benzene rings is 2. The Morgan fingerprint density at radius 3 is 2.60 bits per heavy atom. The largest absolute Gasteiger partial charge is 0.362 e. The highest BCUT2D eigenvalue weighted by molar-refractivity contribution is 6.39. The standard InChI is InChI=1S/C24H24N4O2/c1-17-8-10-20(11-9-17)27-24(30)23(29)26-16-22(19-6-4-13-25-15-19)28-14-12-18-5-2-3-7-21(18)28/h2-11,13,15,22H,12,14,16H2,1H3,(H,26,29)(H,27,30)/t22-/m0/s1. The fourth-order valence-corrected chi connectivity index (χ4v) is 3.76. The third kappa shape index (κ3) is 4.33. The summed E-state index contributed by atoms with van der Waals surface area (Å²) in [7, 11) is 0. The van der Waals surface area contributed by atoms with Crippen LogP contribution in [0.3, 0.4) is 0 Å². The van der Waals surface area contributed by atoms with Crippen molar-refractivity contribution in [2.75, 3.05) is 23.3 Å². The first-order chi connectivity index (χ1) is 14.6. The number of para-hydroxylation sites is 1. The summed E-state index contributed by atoms with van der Waals surface area (Å²) in [6.45, 7) is 3.12. The van der Waals surface area contributed by atoms with Crippen molar-refractivity contribution >= 4 is 23.2 Å². The number of nitrogens with zero attached hydrogens (tertiary/aromatic N) is 2. The van der Waals surface area contributed by atoms with E-state index in [4.69, 9.17) is 0 Å². The number of carbonyl (C=O) groups excluding carboxylic acids is 2. The molecule has 1 aliphatic heterocycles. The van der Waals surface area contributed by atoms with Gasteiger partial charge in [0.25, 0.3) is 0 Å². The van der Waals surface area contributed by atoms with Crippen molar-refractivity contribution in [1.82, 2.24) is 10.3 Å². The van der Waals surface area contributed by atoms with Crippen molar-refractivity contribution in [2.24, 2.45) is 0 Å². The lowest BCUT2D eigenvalue weighted by Crippen LogP contribution is -2.41. The molecule has 0 fully saturated rings. The Morgan fingerprint density at radius 1 is 1.03 bits per heavy atom. The van der Waals surface area contributed by atoms with Gasteiger partial charge in [0.05, 0.1) is 6.04 Å². The number of anilines is 2. The van der Waals surface area contributed by atoms with E-state index < -0.39 is 11.8 Å². The molecule has 6 heteroatoms. The van der Waals surface area contributed by atoms with Gasteiger partial charge in [-0.1, -0.05) is 42.0 Å². The van der Waals surface area contributed by atoms with Crippen molar-refractivity contribution < 1.29 is 9.59 Å². The van der Waals surface area contributed by atoms with Gasteiger partial charge >= 0.3 is 11.8 Å². The van der Waals surface area contributed by atoms with Crippen LogP contribution in [0.25, 0.3) is 0 Å². The normalized spacial score (nSPS) is 13.4. The molecule has 0 bridgehead atoms. The maximum atomic E-state index is 12.5. The van der Waals surface area contributed by atoms with Gasteiger partial charge in [-0.25, -0.2) is 0 Å². The summed E-state index contributed by atoms with van der Waals surface area (Å²) in [5.41, 5.74) is 5.12. The van der Waals surface area contributed by atoms with Crippen molar-refractivity contribution in [3.8, 4) is 0 Å². The van der Waals surface area contributed by atoms with Crippen molar-refractivity contribution in [3.05, 3.63) is 89.7 Å². The van der Waals surface area contributed by atoms with Crippen LogP contribution < -0.4 is 15.5 Å². The van der Waals surface area contributed by atoms with Crippen LogP contribution in [-0.4, -0.2) is 29.9 Å². The number of aryl methyl sites for hydroxylation is 1. The molecule has 2 N–H and O–H groups in total. The molecule has 2 amide bonds. The number of amides is 2. The minimum Gasteiger partial charge on any atom is -0.362 e. The third-order valence-corrected chi connectivity index (χ3v) is 5.34. The molecule has 2 heterocycles. The molecule has 3 aromatic rings. The molecule has 0 radical (unpaired) electrons. The van der Waals surface area contributed by atoms with E-state index in [1.54, 1.807) is 18.3 Å². The van der Waals surface area contributed by atoms with Crippen LogP contribution in [-0.2, 0) is 16.0 Å². The van der Waals surface area contributed by atoms with Gasteiger partial charge in [-0.15, -0.1) is 0 Å². The maximum absolute atomic E-state index is 12.5. The molecule has 152 valence electrons. The SMILES string of the molecule is Cc1ccc(NC(=O)C(=O)NC[C@@H](c2cccnc2)N2CCc3ccccc32)cc1. The van der Waals surface area contributed by atoms with Gasteiger partial charge in [0.2, 0.25) is 0 Å². The van der Waals surface area contributed by atoms with Crippen molar-refractivity contribution in [1.29, 1.82) is 0 Å². The molecule has 0 spiro atoms. The number of hydrogen-bond acceptors (Lipinski definition) is 4. The molecular weight excluding hydrogens is 376 g/mol. The number of aromatic nitrogens is 1. The smallest absolute Gasteiger partial charge is 0.313 e. The van der Waals surface area contributed by atoms with Gasteiger partial charge in [0, 0.05) is 36.9 Å². The third-order valence-electron chi connectivity index (χ3n) is 5.34. The topological polar surface area (TPSA) is 74.3 Å². The lowest BCUT2D eigenvalue weighted by Gasteiger charge is -2.30. The molecule has 1 aromatic heterocycles. The number of pyridine rings is 1. The first-order valence-corrected chi connectivity index (χ1v) is 10.0. The first kappa shape index (κ1) is 19.6. The van der Waals surface area contributed by atoms with E-state index in [-0.39, 0.29) is 6.04 Å². The van der Waals surface area contributed by atoms with Crippen LogP contribution in [0.1, 0.15) is 22.7 Å². The average Bonchev–Trinajstić information content (AvgIpc) is 3.20. The molecule has 6 nitrogen and oxygen atoms in total. The molecule has 0 saturated carbocycles. The van der Waals surface area contributed by atoms with E-state index in [0.717, 1.165) is 29.8 Å². The van der Waals surface area contributed by atoms with Gasteiger partial charge in [0.15, 0.2) is 0 Å². The second-order valence-corrected chi connectivity index (χ2v) is 7.40. The van der Waals surface area contributed by atoms with E-state index in [0.29, 0.717) is 12.2 Å². The van der Waals surface area contributed by atoms with Crippen LogP contribution in [0.2, 0.25) is 0 Å². The number of hydrogen-bond donors (Lipinski definition) is 2. The molecule has 0 saturated heterocycles. The predicted octanol–water partition coefficient (Wildman–Crippen LogP) is 3.25. The zero-order chi connectivity index (χ0) is 20.9. The summed E-state index contributed by atoms with van der Waals surface area (Å²) in [4.78, 5) is 31.3. The lowest BCUT2D eigenvalue weighted by molar-refractivity contribution is -0.136. The van der Waals surface area contributed by atoms with Gasteiger partial charge in [-0.3, -0.25) is 14.6 Å². The van der Waals surface area contributed by atoms with Gasteiger partial charge in [-0.2, -0.15) is 0 Å². The first-order valence-electron chi connectivity index (χ1n) is 10.0. The molecule has 0 unspecified atom stereocenters. The minimum absolute atomic E-state index is 0.113. The minimum atomic E-state index is -0.675. The second-order valence-electron chi connectivity index (χ2n) is 7.40. The number of fused-ring (bicyclic) bond motifs is 1. The Hall–Kier alpha value is -3.67. The highest BCUT2D eigenvalue weighted by atomic mass is 16.2. The molecular formula is C24H24N4O2. The van der Waals surface area contributed by atoms with Gasteiger partial charge in [-0.05, 0) is 48.7 Å². The molecule has 0 aliphatic carbocycles. The summed E-state index contributed by atoms with van der Waals surface area (Å²) in [5.74, 6) is -1.33. The number of rotatable bonds is 5. The van der Waals surface area contributed by atoms with Crippen LogP contribution >= 0.6 is 0 Å². The summed E-state index contributed by atoms with van der Waals surface area (Å²) in [5, 5.41) is 5.44. The zero-order valence-corrected chi connectivity index (χ0v) is 16.8. The molecule has 4 rings (SSSR count). The van der Waals surface area contributed by atoms with Crippen LogP contribution in [0.4, 0.5) is 11.4 Å². The zero-order valence-electron chi connectivity index (χ0n) is 16.8. The van der Waals surface area contributed by atoms with Gasteiger partial charge in [0.1, 0.15) is 0 Å². The van der Waals surface area contributed by atoms with E-state index in [1.807, 2.05) is 49.5 Å². The number of nitrogens with one attached hydrogen (secondary N) is 2. The Labute approximate surface area is 175 Å². The highest BCUT2D eigenvalue weighted by Gasteiger charge is 2.28. The van der Waals surface area contributed by atoms with E-state index in [1.165, 1.54) is 5.56 Å².